The molecule has 12 heteroatoms. The smallest absolute Gasteiger partial charge is 0.264 e. The van der Waals surface area contributed by atoms with Crippen LogP contribution in [0.5, 0.6) is 5.75 Å². The summed E-state index contributed by atoms with van der Waals surface area (Å²) >= 11 is 12.3. The Balaban J connectivity index is 2.05. The topological polar surface area (TPSA) is 96.0 Å². The summed E-state index contributed by atoms with van der Waals surface area (Å²) in [6.07, 6.45) is 0.265. The lowest BCUT2D eigenvalue weighted by atomic mass is 10.1. The molecule has 0 spiro atoms. The second kappa shape index (κ2) is 14.5. The van der Waals surface area contributed by atoms with Crippen molar-refractivity contribution in [1.82, 2.24) is 10.2 Å². The zero-order valence-electron chi connectivity index (χ0n) is 22.9. The number of hydrogen-bond donors (Lipinski definition) is 1. The van der Waals surface area contributed by atoms with Crippen molar-refractivity contribution in [3.8, 4) is 5.75 Å². The SMILES string of the molecule is CCNC(=O)C(CC)N(Cc1ccc(Cl)c(Cl)c1)C(=O)CN(c1ccc(F)cc1)S(=O)(=O)c1ccc(OCC)cc1. The van der Waals surface area contributed by atoms with Gasteiger partial charge in [0.1, 0.15) is 24.2 Å². The van der Waals surface area contributed by atoms with Crippen molar-refractivity contribution in [2.24, 2.45) is 0 Å². The first-order chi connectivity index (χ1) is 19.5. The molecule has 1 unspecified atom stereocenters. The quantitative estimate of drug-likeness (QED) is 0.265. The molecule has 0 radical (unpaired) electrons. The number of rotatable bonds is 13. The summed E-state index contributed by atoms with van der Waals surface area (Å²) in [4.78, 5) is 28.2. The van der Waals surface area contributed by atoms with E-state index in [1.165, 1.54) is 41.3 Å². The molecule has 3 aromatic rings. The number of anilines is 1. The Hall–Kier alpha value is -3.34. The maximum atomic E-state index is 14.0. The number of ether oxygens (including phenoxy) is 1. The molecular weight excluding hydrogens is 592 g/mol. The molecule has 0 fully saturated rings. The van der Waals surface area contributed by atoms with Crippen LogP contribution in [-0.4, -0.2) is 50.9 Å². The van der Waals surface area contributed by atoms with E-state index in [1.807, 2.05) is 0 Å². The monoisotopic (exact) mass is 623 g/mol. The highest BCUT2D eigenvalue weighted by molar-refractivity contribution is 7.92. The van der Waals surface area contributed by atoms with Crippen LogP contribution in [-0.2, 0) is 26.2 Å². The van der Waals surface area contributed by atoms with Crippen molar-refractivity contribution in [1.29, 1.82) is 0 Å². The molecule has 1 N–H and O–H groups in total. The van der Waals surface area contributed by atoms with Crippen LogP contribution in [0.2, 0.25) is 10.0 Å². The Morgan fingerprint density at radius 1 is 0.951 bits per heavy atom. The zero-order chi connectivity index (χ0) is 30.2. The maximum absolute atomic E-state index is 14.0. The van der Waals surface area contributed by atoms with E-state index >= 15 is 0 Å². The normalized spacial score (nSPS) is 12.0. The van der Waals surface area contributed by atoms with E-state index in [0.29, 0.717) is 29.5 Å². The number of halogens is 3. The zero-order valence-corrected chi connectivity index (χ0v) is 25.3. The van der Waals surface area contributed by atoms with Crippen LogP contribution in [0.25, 0.3) is 0 Å². The molecule has 8 nitrogen and oxygen atoms in total. The second-order valence-corrected chi connectivity index (χ2v) is 11.7. The maximum Gasteiger partial charge on any atom is 0.264 e. The van der Waals surface area contributed by atoms with Gasteiger partial charge in [-0.05, 0) is 86.5 Å². The highest BCUT2D eigenvalue weighted by atomic mass is 35.5. The summed E-state index contributed by atoms with van der Waals surface area (Å²) in [5.74, 6) is -1.11. The van der Waals surface area contributed by atoms with Gasteiger partial charge in [-0.25, -0.2) is 12.8 Å². The average Bonchev–Trinajstić information content (AvgIpc) is 2.94. The minimum absolute atomic E-state index is 0.0360. The number of benzene rings is 3. The number of nitrogens with zero attached hydrogens (tertiary/aromatic N) is 2. The van der Waals surface area contributed by atoms with Crippen molar-refractivity contribution in [3.05, 3.63) is 88.2 Å². The van der Waals surface area contributed by atoms with E-state index in [9.17, 15) is 22.4 Å². The van der Waals surface area contributed by atoms with Gasteiger partial charge in [0, 0.05) is 13.1 Å². The molecule has 0 saturated carbocycles. The first-order valence-corrected chi connectivity index (χ1v) is 15.2. The summed E-state index contributed by atoms with van der Waals surface area (Å²) in [5, 5.41) is 3.33. The third kappa shape index (κ3) is 8.12. The van der Waals surface area contributed by atoms with Crippen molar-refractivity contribution in [3.63, 3.8) is 0 Å². The van der Waals surface area contributed by atoms with Crippen LogP contribution < -0.4 is 14.4 Å². The van der Waals surface area contributed by atoms with Crippen LogP contribution in [0, 0.1) is 5.82 Å². The standard InChI is InChI=1S/C29H32Cl2FN3O5S/c1-4-27(29(37)33-5-2)34(18-20-7-16-25(30)26(31)17-20)28(36)19-35(22-10-8-21(32)9-11-22)41(38,39)24-14-12-23(13-15-24)40-6-3/h7-17,27H,4-6,18-19H2,1-3H3,(H,33,37). The molecule has 3 rings (SSSR count). The number of sulfonamides is 1. The Bertz CT molecular complexity index is 1450. The van der Waals surface area contributed by atoms with Crippen LogP contribution in [0.3, 0.4) is 0 Å². The third-order valence-electron chi connectivity index (χ3n) is 6.19. The summed E-state index contributed by atoms with van der Waals surface area (Å²) < 4.78 is 47.8. The minimum Gasteiger partial charge on any atom is -0.494 e. The number of carbonyl (C=O) groups excluding carboxylic acids is 2. The number of carbonyl (C=O) groups is 2. The number of nitrogens with one attached hydrogen (secondary N) is 1. The molecule has 0 saturated heterocycles. The number of amides is 2. The summed E-state index contributed by atoms with van der Waals surface area (Å²) in [5.41, 5.74) is 0.674. The molecule has 0 aliphatic carbocycles. The lowest BCUT2D eigenvalue weighted by Gasteiger charge is -2.33. The van der Waals surface area contributed by atoms with E-state index in [0.717, 1.165) is 16.4 Å². The predicted octanol–water partition coefficient (Wildman–Crippen LogP) is 5.67. The van der Waals surface area contributed by atoms with E-state index < -0.39 is 34.3 Å². The molecule has 3 aromatic carbocycles. The first kappa shape index (κ1) is 32.2. The summed E-state index contributed by atoms with van der Waals surface area (Å²) in [6, 6.07) is 14.5. The van der Waals surface area contributed by atoms with E-state index in [4.69, 9.17) is 27.9 Å². The molecule has 1 atom stereocenters. The summed E-state index contributed by atoms with van der Waals surface area (Å²) in [7, 11) is -4.31. The highest BCUT2D eigenvalue weighted by Crippen LogP contribution is 2.27. The van der Waals surface area contributed by atoms with Crippen LogP contribution in [0.15, 0.2) is 71.6 Å². The average molecular weight is 625 g/mol. The Kier molecular flexibility index (Phi) is 11.4. The summed E-state index contributed by atoms with van der Waals surface area (Å²) in [6.45, 7) is 5.38. The molecule has 2 amide bonds. The van der Waals surface area contributed by atoms with Crippen molar-refractivity contribution >= 4 is 50.7 Å². The van der Waals surface area contributed by atoms with Crippen LogP contribution in [0.1, 0.15) is 32.8 Å². The molecule has 0 bridgehead atoms. The van der Waals surface area contributed by atoms with Gasteiger partial charge in [0.2, 0.25) is 11.8 Å². The number of hydrogen-bond acceptors (Lipinski definition) is 5. The first-order valence-electron chi connectivity index (χ1n) is 13.0. The fourth-order valence-electron chi connectivity index (χ4n) is 4.18. The lowest BCUT2D eigenvalue weighted by Crippen LogP contribution is -2.52. The van der Waals surface area contributed by atoms with Gasteiger partial charge in [-0.3, -0.25) is 13.9 Å². The van der Waals surface area contributed by atoms with Gasteiger partial charge < -0.3 is 15.0 Å². The van der Waals surface area contributed by atoms with E-state index in [2.05, 4.69) is 5.32 Å². The minimum atomic E-state index is -4.31. The van der Waals surface area contributed by atoms with E-state index in [1.54, 1.807) is 39.0 Å². The molecule has 0 aromatic heterocycles. The molecule has 41 heavy (non-hydrogen) atoms. The van der Waals surface area contributed by atoms with Gasteiger partial charge in [-0.1, -0.05) is 36.2 Å². The third-order valence-corrected chi connectivity index (χ3v) is 8.72. The number of likely N-dealkylation sites (N-methyl/N-ethyl adjacent to an activating group) is 1. The van der Waals surface area contributed by atoms with E-state index in [-0.39, 0.29) is 34.5 Å². The predicted molar refractivity (Wildman–Crippen MR) is 158 cm³/mol. The fourth-order valence-corrected chi connectivity index (χ4v) is 5.92. The molecule has 0 aliphatic rings. The molecule has 0 aliphatic heterocycles. The van der Waals surface area contributed by atoms with Gasteiger partial charge in [-0.2, -0.15) is 0 Å². The van der Waals surface area contributed by atoms with Crippen LogP contribution in [0.4, 0.5) is 10.1 Å². The Morgan fingerprint density at radius 2 is 1.61 bits per heavy atom. The Labute approximate surface area is 250 Å². The highest BCUT2D eigenvalue weighted by Gasteiger charge is 2.33. The second-order valence-electron chi connectivity index (χ2n) is 8.98. The molecular formula is C29H32Cl2FN3O5S. The molecule has 0 heterocycles. The van der Waals surface area contributed by atoms with Gasteiger partial charge in [0.05, 0.1) is 27.2 Å². The lowest BCUT2D eigenvalue weighted by molar-refractivity contribution is -0.140. The van der Waals surface area contributed by atoms with Crippen molar-refractivity contribution in [2.75, 3.05) is 24.0 Å². The van der Waals surface area contributed by atoms with Gasteiger partial charge in [-0.15, -0.1) is 0 Å². The van der Waals surface area contributed by atoms with Gasteiger partial charge >= 0.3 is 0 Å². The van der Waals surface area contributed by atoms with Crippen LogP contribution >= 0.6 is 23.2 Å². The van der Waals surface area contributed by atoms with Crippen molar-refractivity contribution < 1.29 is 27.1 Å². The van der Waals surface area contributed by atoms with Gasteiger partial charge in [0.15, 0.2) is 0 Å². The fraction of sp³-hybridized carbons (Fsp3) is 0.310. The molecule has 220 valence electrons. The largest absolute Gasteiger partial charge is 0.494 e. The Morgan fingerprint density at radius 3 is 2.17 bits per heavy atom. The van der Waals surface area contributed by atoms with Gasteiger partial charge in [0.25, 0.3) is 10.0 Å². The van der Waals surface area contributed by atoms with Crippen molar-refractivity contribution in [2.45, 2.75) is 44.7 Å².